The number of rotatable bonds is 0. The first-order valence-electron chi connectivity index (χ1n) is 1.31. The molecule has 0 aromatic heterocycles. The topological polar surface area (TPSA) is 0 Å². The monoisotopic (exact) mass is 156 g/mol. The Bertz CT molecular complexity index is 37.3. The molecule has 0 aromatic rings. The maximum Gasteiger partial charge on any atom is 2.00 e. The Hall–Kier alpha value is 0.806. The molecule has 0 amide bonds. The Morgan fingerprint density at radius 1 is 1.67 bits per heavy atom. The Labute approximate surface area is 65.6 Å². The molecular formula is C4H5BrMg. The van der Waals surface area contributed by atoms with Crippen molar-refractivity contribution >= 4 is 23.1 Å². The molecule has 0 bridgehead atoms. The van der Waals surface area contributed by atoms with Gasteiger partial charge in [0.05, 0.1) is 0 Å². The van der Waals surface area contributed by atoms with Gasteiger partial charge in [0.1, 0.15) is 0 Å². The summed E-state index contributed by atoms with van der Waals surface area (Å²) in [7, 11) is 0. The summed E-state index contributed by atoms with van der Waals surface area (Å²) in [6.45, 7) is 1.88. The Morgan fingerprint density at radius 2 is 1.83 bits per heavy atom. The first-order valence-corrected chi connectivity index (χ1v) is 1.31. The van der Waals surface area contributed by atoms with Crippen molar-refractivity contribution in [1.82, 2.24) is 0 Å². The minimum atomic E-state index is 0. The molecule has 0 rings (SSSR count). The Balaban J connectivity index is -0.0000000450. The molecule has 2 heteroatoms. The van der Waals surface area contributed by atoms with Crippen LogP contribution in [0.3, 0.4) is 0 Å². The van der Waals surface area contributed by atoms with Crippen LogP contribution in [0.15, 0.2) is 0 Å². The second-order valence-corrected chi connectivity index (χ2v) is 0.530. The van der Waals surface area contributed by atoms with Gasteiger partial charge in [-0.05, 0) is 6.42 Å². The predicted molar refractivity (Wildman–Crippen MR) is 23.2 cm³/mol. The molecule has 6 heavy (non-hydrogen) atoms. The van der Waals surface area contributed by atoms with Crippen LogP contribution in [0.1, 0.15) is 13.3 Å². The van der Waals surface area contributed by atoms with E-state index in [0.717, 1.165) is 6.42 Å². The summed E-state index contributed by atoms with van der Waals surface area (Å²) in [6.07, 6.45) is 6.94. The molecule has 0 heterocycles. The van der Waals surface area contributed by atoms with Crippen molar-refractivity contribution in [2.24, 2.45) is 0 Å². The fraction of sp³-hybridized carbons (Fsp3) is 0.500. The smallest absolute Gasteiger partial charge is 1.00 e. The minimum Gasteiger partial charge on any atom is -1.00 e. The van der Waals surface area contributed by atoms with Crippen LogP contribution in [0.25, 0.3) is 0 Å². The summed E-state index contributed by atoms with van der Waals surface area (Å²) in [4.78, 5) is 0. The van der Waals surface area contributed by atoms with Gasteiger partial charge in [-0.25, -0.2) is 0 Å². The number of halogens is 1. The second-order valence-electron chi connectivity index (χ2n) is 0.530. The van der Waals surface area contributed by atoms with Gasteiger partial charge in [-0.2, -0.15) is 0 Å². The predicted octanol–water partition coefficient (Wildman–Crippen LogP) is -2.39. The third kappa shape index (κ3) is 21.3. The van der Waals surface area contributed by atoms with E-state index in [2.05, 4.69) is 5.92 Å². The largest absolute Gasteiger partial charge is 2.00 e. The van der Waals surface area contributed by atoms with E-state index in [9.17, 15) is 0 Å². The molecule has 0 aliphatic carbocycles. The van der Waals surface area contributed by atoms with Gasteiger partial charge in [-0.15, -0.1) is 0 Å². The van der Waals surface area contributed by atoms with E-state index in [1.165, 1.54) is 0 Å². The summed E-state index contributed by atoms with van der Waals surface area (Å²) >= 11 is 0. The normalized spacial score (nSPS) is 3.33. The fourth-order valence-corrected chi connectivity index (χ4v) is 0. The average molecular weight is 157 g/mol. The van der Waals surface area contributed by atoms with Gasteiger partial charge in [0.25, 0.3) is 0 Å². The first kappa shape index (κ1) is 15.8. The Morgan fingerprint density at radius 3 is 1.83 bits per heavy atom. The summed E-state index contributed by atoms with van der Waals surface area (Å²) < 4.78 is 0. The molecule has 0 aliphatic heterocycles. The van der Waals surface area contributed by atoms with Crippen molar-refractivity contribution in [1.29, 1.82) is 0 Å². The Kier molecular flexibility index (Phi) is 45.0. The van der Waals surface area contributed by atoms with E-state index in [1.54, 1.807) is 0 Å². The van der Waals surface area contributed by atoms with Crippen LogP contribution in [0, 0.1) is 12.3 Å². The molecule has 30 valence electrons. The zero-order chi connectivity index (χ0) is 3.41. The van der Waals surface area contributed by atoms with Crippen LogP contribution in [-0.2, 0) is 0 Å². The van der Waals surface area contributed by atoms with Crippen LogP contribution >= 0.6 is 0 Å². The van der Waals surface area contributed by atoms with Crippen LogP contribution in [-0.4, -0.2) is 23.1 Å². The molecule has 0 saturated heterocycles. The van der Waals surface area contributed by atoms with E-state index in [1.807, 2.05) is 6.92 Å². The summed E-state index contributed by atoms with van der Waals surface area (Å²) in [5.74, 6) is 2.18. The average Bonchev–Trinajstić information content (AvgIpc) is 1.37. The van der Waals surface area contributed by atoms with Gasteiger partial charge in [0.2, 0.25) is 0 Å². The zero-order valence-corrected chi connectivity index (χ0v) is 6.79. The molecule has 0 spiro atoms. The summed E-state index contributed by atoms with van der Waals surface area (Å²) in [5, 5.41) is 0. The first-order chi connectivity index (χ1) is 1.91. The van der Waals surface area contributed by atoms with Gasteiger partial charge in [-0.1, -0.05) is 6.92 Å². The van der Waals surface area contributed by atoms with E-state index < -0.39 is 0 Å². The van der Waals surface area contributed by atoms with Crippen molar-refractivity contribution in [3.63, 3.8) is 0 Å². The fourth-order valence-electron chi connectivity index (χ4n) is 0. The van der Waals surface area contributed by atoms with Gasteiger partial charge >= 0.3 is 23.1 Å². The quantitative estimate of drug-likeness (QED) is 0.209. The van der Waals surface area contributed by atoms with Gasteiger partial charge in [-0.3, -0.25) is 0 Å². The van der Waals surface area contributed by atoms with E-state index in [0.29, 0.717) is 0 Å². The van der Waals surface area contributed by atoms with Crippen LogP contribution < -0.4 is 17.0 Å². The van der Waals surface area contributed by atoms with Crippen LogP contribution in [0.2, 0.25) is 0 Å². The van der Waals surface area contributed by atoms with Crippen molar-refractivity contribution in [2.45, 2.75) is 13.3 Å². The zero-order valence-electron chi connectivity index (χ0n) is 3.79. The molecule has 0 unspecified atom stereocenters. The molecular weight excluding hydrogens is 152 g/mol. The van der Waals surface area contributed by atoms with Gasteiger partial charge in [0.15, 0.2) is 0 Å². The maximum absolute atomic E-state index is 6.20. The van der Waals surface area contributed by atoms with Gasteiger partial charge in [0, 0.05) is 0 Å². The number of hydrogen-bond donors (Lipinski definition) is 0. The molecule has 0 N–H and O–H groups in total. The SMILES string of the molecule is [Br-].[C-]#CCC.[Mg+2]. The van der Waals surface area contributed by atoms with E-state index in [-0.39, 0.29) is 40.0 Å². The standard InChI is InChI=1S/C4H5.BrH.Mg/c1-3-4-2;;/h3H2,1H3;1H;/q-1;;+2/p-1. The molecule has 0 saturated carbocycles. The van der Waals surface area contributed by atoms with E-state index >= 15 is 0 Å². The third-order valence-electron chi connectivity index (χ3n) is 0.177. The molecule has 0 aliphatic rings. The maximum atomic E-state index is 6.20. The van der Waals surface area contributed by atoms with Crippen molar-refractivity contribution < 1.29 is 17.0 Å². The van der Waals surface area contributed by atoms with Crippen molar-refractivity contribution in [3.8, 4) is 5.92 Å². The molecule has 0 atom stereocenters. The van der Waals surface area contributed by atoms with Crippen molar-refractivity contribution in [3.05, 3.63) is 6.42 Å². The molecule has 0 nitrogen and oxygen atoms in total. The second kappa shape index (κ2) is 17.0. The molecule has 0 aromatic carbocycles. The van der Waals surface area contributed by atoms with E-state index in [4.69, 9.17) is 6.42 Å². The van der Waals surface area contributed by atoms with Crippen molar-refractivity contribution in [2.75, 3.05) is 0 Å². The third-order valence-corrected chi connectivity index (χ3v) is 0.177. The van der Waals surface area contributed by atoms with Crippen LogP contribution in [0.5, 0.6) is 0 Å². The molecule has 0 radical (unpaired) electrons. The van der Waals surface area contributed by atoms with Gasteiger partial charge < -0.3 is 29.3 Å². The van der Waals surface area contributed by atoms with Crippen LogP contribution in [0.4, 0.5) is 0 Å². The minimum absolute atomic E-state index is 0. The molecule has 0 fully saturated rings. The summed E-state index contributed by atoms with van der Waals surface area (Å²) in [5.41, 5.74) is 0. The number of hydrogen-bond acceptors (Lipinski definition) is 0. The summed E-state index contributed by atoms with van der Waals surface area (Å²) in [6, 6.07) is 0.